The number of hydrogen-bond donors (Lipinski definition) is 2. The van der Waals surface area contributed by atoms with Crippen LogP contribution in [0.2, 0.25) is 0 Å². The van der Waals surface area contributed by atoms with E-state index in [2.05, 4.69) is 36.5 Å². The molecule has 0 bridgehead atoms. The number of nitrogens with one attached hydrogen (secondary N) is 1. The van der Waals surface area contributed by atoms with E-state index in [9.17, 15) is 18.0 Å². The van der Waals surface area contributed by atoms with Crippen molar-refractivity contribution in [1.29, 1.82) is 0 Å². The van der Waals surface area contributed by atoms with Crippen molar-refractivity contribution in [2.45, 2.75) is 75.3 Å². The molecular formula is C28H34N2O5S. The predicted octanol–water partition coefficient (Wildman–Crippen LogP) is 3.92. The molecule has 0 saturated heterocycles. The summed E-state index contributed by atoms with van der Waals surface area (Å²) >= 11 is 0. The van der Waals surface area contributed by atoms with Gasteiger partial charge in [0, 0.05) is 11.0 Å². The fourth-order valence-electron chi connectivity index (χ4n) is 7.04. The molecule has 3 unspecified atom stereocenters. The summed E-state index contributed by atoms with van der Waals surface area (Å²) in [5, 5.41) is 7.78. The Balaban J connectivity index is 1.22. The summed E-state index contributed by atoms with van der Waals surface area (Å²) in [7, 11) is -3.84. The molecule has 1 amide bonds. The molecule has 2 aromatic rings. The van der Waals surface area contributed by atoms with Crippen LogP contribution in [-0.4, -0.2) is 32.4 Å². The highest BCUT2D eigenvalue weighted by molar-refractivity contribution is 7.89. The van der Waals surface area contributed by atoms with Crippen molar-refractivity contribution in [3.63, 3.8) is 0 Å². The summed E-state index contributed by atoms with van der Waals surface area (Å²) in [6, 6.07) is 13.3. The highest BCUT2D eigenvalue weighted by atomic mass is 32.2. The average molecular weight is 511 g/mol. The minimum atomic E-state index is -3.84. The van der Waals surface area contributed by atoms with Crippen molar-refractivity contribution in [2.75, 3.05) is 0 Å². The number of carbonyl (C=O) groups excluding carboxylic acids is 2. The van der Waals surface area contributed by atoms with Crippen molar-refractivity contribution in [1.82, 2.24) is 5.32 Å². The van der Waals surface area contributed by atoms with Crippen LogP contribution in [0, 0.1) is 17.3 Å². The van der Waals surface area contributed by atoms with Gasteiger partial charge in [-0.3, -0.25) is 4.79 Å². The largest absolute Gasteiger partial charge is 0.460 e. The number of fused-ring (bicyclic) bond motifs is 5. The topological polar surface area (TPSA) is 116 Å². The average Bonchev–Trinajstić information content (AvgIpc) is 3.19. The van der Waals surface area contributed by atoms with E-state index in [0.29, 0.717) is 17.8 Å². The maximum absolute atomic E-state index is 13.0. The third-order valence-electron chi connectivity index (χ3n) is 8.96. The molecule has 0 radical (unpaired) electrons. The molecule has 3 aliphatic rings. The second-order valence-electron chi connectivity index (χ2n) is 10.9. The van der Waals surface area contributed by atoms with E-state index < -0.39 is 27.9 Å². The maximum atomic E-state index is 13.0. The lowest BCUT2D eigenvalue weighted by atomic mass is 9.55. The second kappa shape index (κ2) is 9.30. The molecular weight excluding hydrogens is 476 g/mol. The number of nitrogens with two attached hydrogens (primary N) is 1. The van der Waals surface area contributed by atoms with Crippen LogP contribution >= 0.6 is 0 Å². The minimum absolute atomic E-state index is 0.0453. The first-order chi connectivity index (χ1) is 17.1. The first-order valence-electron chi connectivity index (χ1n) is 12.8. The Bertz CT molecular complexity index is 1280. The summed E-state index contributed by atoms with van der Waals surface area (Å²) < 4.78 is 28.9. The third-order valence-corrected chi connectivity index (χ3v) is 9.89. The van der Waals surface area contributed by atoms with Crippen molar-refractivity contribution in [3.8, 4) is 0 Å². The van der Waals surface area contributed by atoms with E-state index >= 15 is 0 Å². The van der Waals surface area contributed by atoms with Crippen LogP contribution in [0.4, 0.5) is 0 Å². The van der Waals surface area contributed by atoms with Crippen LogP contribution in [0.1, 0.15) is 73.4 Å². The van der Waals surface area contributed by atoms with Gasteiger partial charge in [-0.1, -0.05) is 31.2 Å². The van der Waals surface area contributed by atoms with Gasteiger partial charge in [0.1, 0.15) is 12.1 Å². The van der Waals surface area contributed by atoms with Gasteiger partial charge in [0.25, 0.3) is 5.91 Å². The fraction of sp³-hybridized carbons (Fsp3) is 0.500. The number of aryl methyl sites for hydroxylation is 1. The van der Waals surface area contributed by atoms with Crippen LogP contribution in [0.15, 0.2) is 53.4 Å². The van der Waals surface area contributed by atoms with E-state index in [-0.39, 0.29) is 22.0 Å². The van der Waals surface area contributed by atoms with Gasteiger partial charge in [-0.15, -0.1) is 0 Å². The van der Waals surface area contributed by atoms with Gasteiger partial charge in [-0.05, 0) is 98.6 Å². The highest BCUT2D eigenvalue weighted by Crippen LogP contribution is 2.61. The molecule has 0 spiro atoms. The SMILES string of the molecule is C[C@H](NC(=O)c1ccc(S(N)(=O)=O)cc1)C(=O)O[C@H]1CCC2C3CCc4ccccc4C3CC[C@@]21C. The molecule has 3 N–H and O–H groups in total. The summed E-state index contributed by atoms with van der Waals surface area (Å²) in [6.07, 6.45) is 6.23. The Hall–Kier alpha value is -2.71. The van der Waals surface area contributed by atoms with Crippen molar-refractivity contribution < 1.29 is 22.7 Å². The third kappa shape index (κ3) is 4.45. The van der Waals surface area contributed by atoms with E-state index in [0.717, 1.165) is 32.1 Å². The van der Waals surface area contributed by atoms with Gasteiger partial charge in [0.15, 0.2) is 0 Å². The molecule has 2 saturated carbocycles. The normalized spacial score (nSPS) is 29.9. The Morgan fingerprint density at radius 3 is 2.50 bits per heavy atom. The molecule has 0 aromatic heterocycles. The number of ether oxygens (including phenoxy) is 1. The summed E-state index contributed by atoms with van der Waals surface area (Å²) in [6.45, 7) is 3.90. The Morgan fingerprint density at radius 2 is 1.78 bits per heavy atom. The number of hydrogen-bond acceptors (Lipinski definition) is 5. The molecule has 192 valence electrons. The molecule has 5 rings (SSSR count). The lowest BCUT2D eigenvalue weighted by molar-refractivity contribution is -0.159. The number of amides is 1. The number of benzene rings is 2. The van der Waals surface area contributed by atoms with Gasteiger partial charge in [0.2, 0.25) is 10.0 Å². The number of rotatable bonds is 5. The van der Waals surface area contributed by atoms with E-state index in [4.69, 9.17) is 9.88 Å². The van der Waals surface area contributed by atoms with Crippen molar-refractivity contribution in [3.05, 3.63) is 65.2 Å². The quantitative estimate of drug-likeness (QED) is 0.592. The molecule has 0 aliphatic heterocycles. The highest BCUT2D eigenvalue weighted by Gasteiger charge is 2.56. The molecule has 8 heteroatoms. The van der Waals surface area contributed by atoms with Crippen LogP contribution in [-0.2, 0) is 26.0 Å². The predicted molar refractivity (Wildman–Crippen MR) is 136 cm³/mol. The summed E-state index contributed by atoms with van der Waals surface area (Å²) in [5.74, 6) is 0.843. The number of sulfonamides is 1. The molecule has 2 aromatic carbocycles. The number of esters is 1. The van der Waals surface area contributed by atoms with Gasteiger partial charge in [-0.2, -0.15) is 0 Å². The lowest BCUT2D eigenvalue weighted by Gasteiger charge is -2.50. The van der Waals surface area contributed by atoms with Crippen LogP contribution in [0.3, 0.4) is 0 Å². The Kier molecular flexibility index (Phi) is 6.45. The Labute approximate surface area is 212 Å². The van der Waals surface area contributed by atoms with E-state index in [1.807, 2.05) is 0 Å². The molecule has 36 heavy (non-hydrogen) atoms. The zero-order valence-corrected chi connectivity index (χ0v) is 21.6. The molecule has 6 atom stereocenters. The lowest BCUT2D eigenvalue weighted by Crippen LogP contribution is -2.47. The fourth-order valence-corrected chi connectivity index (χ4v) is 7.56. The zero-order chi connectivity index (χ0) is 25.7. The number of primary sulfonamides is 1. The van der Waals surface area contributed by atoms with Gasteiger partial charge >= 0.3 is 5.97 Å². The smallest absolute Gasteiger partial charge is 0.328 e. The van der Waals surface area contributed by atoms with Crippen LogP contribution in [0.25, 0.3) is 0 Å². The maximum Gasteiger partial charge on any atom is 0.328 e. The molecule has 2 fully saturated rings. The zero-order valence-electron chi connectivity index (χ0n) is 20.8. The van der Waals surface area contributed by atoms with E-state index in [1.165, 1.54) is 41.8 Å². The van der Waals surface area contributed by atoms with Gasteiger partial charge < -0.3 is 10.1 Å². The minimum Gasteiger partial charge on any atom is -0.460 e. The first-order valence-corrected chi connectivity index (χ1v) is 14.3. The first kappa shape index (κ1) is 25.0. The van der Waals surface area contributed by atoms with Gasteiger partial charge in [0.05, 0.1) is 4.90 Å². The molecule has 3 aliphatic carbocycles. The van der Waals surface area contributed by atoms with Crippen LogP contribution < -0.4 is 10.5 Å². The monoisotopic (exact) mass is 510 g/mol. The molecule has 7 nitrogen and oxygen atoms in total. The van der Waals surface area contributed by atoms with Gasteiger partial charge in [-0.25, -0.2) is 18.4 Å². The standard InChI is InChI=1S/C28H34N2O5S/c1-17(30-26(31)19-7-10-20(11-8-19)36(29,33)34)27(32)35-25-14-13-24-23-12-9-18-5-3-4-6-21(18)22(23)15-16-28(24,25)2/h3-8,10-11,17,22-25H,9,12-16H2,1-2H3,(H,30,31)(H2,29,33,34)/t17-,22?,23?,24?,25-,28-/m0/s1. The Morgan fingerprint density at radius 1 is 1.06 bits per heavy atom. The van der Waals surface area contributed by atoms with Crippen LogP contribution in [0.5, 0.6) is 0 Å². The molecule has 0 heterocycles. The summed E-state index contributed by atoms with van der Waals surface area (Å²) in [4.78, 5) is 25.5. The van der Waals surface area contributed by atoms with E-state index in [1.54, 1.807) is 6.92 Å². The van der Waals surface area contributed by atoms with Crippen molar-refractivity contribution >= 4 is 21.9 Å². The summed E-state index contributed by atoms with van der Waals surface area (Å²) in [5.41, 5.74) is 3.21. The van der Waals surface area contributed by atoms with Crippen molar-refractivity contribution in [2.24, 2.45) is 22.4 Å². The second-order valence-corrected chi connectivity index (χ2v) is 12.5. The number of carbonyl (C=O) groups is 2.